The second-order valence-corrected chi connectivity index (χ2v) is 6.84. The van der Waals surface area contributed by atoms with Crippen molar-refractivity contribution < 1.29 is 4.79 Å². The molecule has 1 atom stereocenters. The lowest BCUT2D eigenvalue weighted by molar-refractivity contribution is -0.111. The third kappa shape index (κ3) is 3.97. The Hall–Kier alpha value is -3.38. The lowest BCUT2D eigenvalue weighted by atomic mass is 10.1. The van der Waals surface area contributed by atoms with E-state index < -0.39 is 0 Å². The third-order valence-electron chi connectivity index (χ3n) is 4.28. The Morgan fingerprint density at radius 3 is 2.68 bits per heavy atom. The molecule has 0 spiro atoms. The Balaban J connectivity index is 1.54. The van der Waals surface area contributed by atoms with Gasteiger partial charge in [-0.05, 0) is 42.3 Å². The number of hydrogen-bond donors (Lipinski definition) is 2. The number of hydrogen-bond acceptors (Lipinski definition) is 4. The van der Waals surface area contributed by atoms with Crippen LogP contribution in [-0.2, 0) is 4.79 Å². The molecular weight excluding hydrogens is 374 g/mol. The van der Waals surface area contributed by atoms with E-state index in [9.17, 15) is 4.79 Å². The molecule has 0 fully saturated rings. The van der Waals surface area contributed by atoms with Crippen LogP contribution in [-0.4, -0.2) is 20.7 Å². The van der Waals surface area contributed by atoms with Crippen molar-refractivity contribution in [2.24, 2.45) is 0 Å². The minimum absolute atomic E-state index is 0.133. The van der Waals surface area contributed by atoms with Crippen LogP contribution < -0.4 is 10.6 Å². The minimum atomic E-state index is -0.292. The van der Waals surface area contributed by atoms with E-state index in [-0.39, 0.29) is 17.9 Å². The maximum atomic E-state index is 12.2. The Morgan fingerprint density at radius 1 is 1.18 bits per heavy atom. The molecule has 4 rings (SSSR count). The summed E-state index contributed by atoms with van der Waals surface area (Å²) in [5, 5.41) is 11.0. The average molecular weight is 392 g/mol. The summed E-state index contributed by atoms with van der Waals surface area (Å²) >= 11 is 6.00. The van der Waals surface area contributed by atoms with Crippen LogP contribution in [0.5, 0.6) is 0 Å². The Morgan fingerprint density at radius 2 is 1.93 bits per heavy atom. The molecule has 2 heterocycles. The monoisotopic (exact) mass is 391 g/mol. The first kappa shape index (κ1) is 18.0. The molecule has 3 aromatic rings. The van der Waals surface area contributed by atoms with Gasteiger partial charge in [0.15, 0.2) is 0 Å². The van der Waals surface area contributed by atoms with Crippen LogP contribution in [0.1, 0.15) is 24.1 Å². The summed E-state index contributed by atoms with van der Waals surface area (Å²) in [4.78, 5) is 16.6. The highest BCUT2D eigenvalue weighted by Crippen LogP contribution is 2.30. The van der Waals surface area contributed by atoms with E-state index in [1.807, 2.05) is 67.6 Å². The molecule has 28 heavy (non-hydrogen) atoms. The number of nitrogens with one attached hydrogen (secondary N) is 2. The first-order chi connectivity index (χ1) is 13.6. The molecule has 0 bridgehead atoms. The molecule has 7 heteroatoms. The van der Waals surface area contributed by atoms with Crippen LogP contribution >= 0.6 is 11.6 Å². The summed E-state index contributed by atoms with van der Waals surface area (Å²) in [7, 11) is 0. The van der Waals surface area contributed by atoms with Crippen LogP contribution in [0.2, 0.25) is 5.02 Å². The van der Waals surface area contributed by atoms with Crippen molar-refractivity contribution in [2.45, 2.75) is 13.0 Å². The van der Waals surface area contributed by atoms with Gasteiger partial charge < -0.3 is 5.32 Å². The van der Waals surface area contributed by atoms with Crippen molar-refractivity contribution in [2.75, 3.05) is 10.6 Å². The second-order valence-electron chi connectivity index (χ2n) is 6.41. The van der Waals surface area contributed by atoms with E-state index in [0.717, 1.165) is 16.8 Å². The fourth-order valence-electron chi connectivity index (χ4n) is 2.97. The molecule has 2 aromatic carbocycles. The lowest BCUT2D eigenvalue weighted by Crippen LogP contribution is -2.19. The second kappa shape index (κ2) is 7.70. The highest BCUT2D eigenvalue weighted by Gasteiger charge is 2.23. The summed E-state index contributed by atoms with van der Waals surface area (Å²) in [6, 6.07) is 17.1. The largest absolute Gasteiger partial charge is 0.329 e. The maximum absolute atomic E-state index is 12.2. The van der Waals surface area contributed by atoms with Crippen molar-refractivity contribution in [3.63, 3.8) is 0 Å². The van der Waals surface area contributed by atoms with Gasteiger partial charge in [0.2, 0.25) is 5.95 Å². The fourth-order valence-corrected chi connectivity index (χ4v) is 3.09. The van der Waals surface area contributed by atoms with Crippen molar-refractivity contribution >= 4 is 35.5 Å². The van der Waals surface area contributed by atoms with Gasteiger partial charge in [-0.1, -0.05) is 54.1 Å². The zero-order valence-corrected chi connectivity index (χ0v) is 15.9. The number of amides is 1. The molecule has 0 saturated carbocycles. The number of halogens is 1. The molecule has 1 aromatic heterocycles. The number of benzene rings is 2. The Bertz CT molecular complexity index is 1050. The van der Waals surface area contributed by atoms with E-state index in [2.05, 4.69) is 20.7 Å². The van der Waals surface area contributed by atoms with Crippen molar-refractivity contribution in [3.05, 3.63) is 88.6 Å². The standard InChI is InChI=1S/C21H18ClN5O/c1-14-13-18(16-8-10-17(22)11-9-16)27-21(23-14)25-20(26-27)24-19(28)12-7-15-5-3-2-4-6-15/h2-13,18H,1H3,(H2,23,24,25,26,28). The molecule has 2 N–H and O–H groups in total. The van der Waals surface area contributed by atoms with E-state index in [0.29, 0.717) is 11.0 Å². The van der Waals surface area contributed by atoms with Crippen LogP contribution in [0.3, 0.4) is 0 Å². The zero-order chi connectivity index (χ0) is 19.5. The van der Waals surface area contributed by atoms with Gasteiger partial charge in [-0.2, -0.15) is 4.98 Å². The number of carbonyl (C=O) groups is 1. The Kier molecular flexibility index (Phi) is 4.95. The van der Waals surface area contributed by atoms with Gasteiger partial charge in [-0.25, -0.2) is 4.68 Å². The normalized spacial score (nSPS) is 15.6. The number of anilines is 2. The zero-order valence-electron chi connectivity index (χ0n) is 15.1. The summed E-state index contributed by atoms with van der Waals surface area (Å²) in [5.41, 5.74) is 2.93. The van der Waals surface area contributed by atoms with Gasteiger partial charge in [0.25, 0.3) is 11.9 Å². The quantitative estimate of drug-likeness (QED) is 0.642. The van der Waals surface area contributed by atoms with Crippen LogP contribution in [0.15, 0.2) is 72.4 Å². The summed E-state index contributed by atoms with van der Waals surface area (Å²) in [5.74, 6) is 0.522. The lowest BCUT2D eigenvalue weighted by Gasteiger charge is -2.22. The number of allylic oxidation sites excluding steroid dienone is 2. The van der Waals surface area contributed by atoms with Gasteiger partial charge in [-0.3, -0.25) is 10.1 Å². The summed E-state index contributed by atoms with van der Waals surface area (Å²) in [6.45, 7) is 1.96. The first-order valence-electron chi connectivity index (χ1n) is 8.80. The van der Waals surface area contributed by atoms with Crippen LogP contribution in [0, 0.1) is 0 Å². The summed E-state index contributed by atoms with van der Waals surface area (Å²) in [6.07, 6.45) is 5.25. The van der Waals surface area contributed by atoms with Gasteiger partial charge in [0, 0.05) is 16.8 Å². The predicted octanol–water partition coefficient (Wildman–Crippen LogP) is 4.50. The third-order valence-corrected chi connectivity index (χ3v) is 4.54. The molecule has 0 aliphatic carbocycles. The van der Waals surface area contributed by atoms with Gasteiger partial charge >= 0.3 is 0 Å². The van der Waals surface area contributed by atoms with Crippen molar-refractivity contribution in [3.8, 4) is 0 Å². The van der Waals surface area contributed by atoms with E-state index >= 15 is 0 Å². The van der Waals surface area contributed by atoms with E-state index in [1.165, 1.54) is 6.08 Å². The maximum Gasteiger partial charge on any atom is 0.250 e. The van der Waals surface area contributed by atoms with Crippen LogP contribution in [0.4, 0.5) is 11.9 Å². The molecule has 1 unspecified atom stereocenters. The number of nitrogens with zero attached hydrogens (tertiary/aromatic N) is 3. The highest BCUT2D eigenvalue weighted by molar-refractivity contribution is 6.30. The number of aromatic nitrogens is 3. The van der Waals surface area contributed by atoms with Crippen molar-refractivity contribution in [1.29, 1.82) is 0 Å². The Labute approximate surface area is 167 Å². The molecular formula is C21H18ClN5O. The van der Waals surface area contributed by atoms with Gasteiger partial charge in [0.1, 0.15) is 6.04 Å². The SMILES string of the molecule is CC1=CC(c2ccc(Cl)cc2)n2nc(NC(=O)C=Cc3ccccc3)nc2N1. The number of fused-ring (bicyclic) bond motifs is 1. The topological polar surface area (TPSA) is 71.8 Å². The number of rotatable bonds is 4. The van der Waals surface area contributed by atoms with Gasteiger partial charge in [0.05, 0.1) is 0 Å². The molecule has 6 nitrogen and oxygen atoms in total. The molecule has 1 aliphatic rings. The number of carbonyl (C=O) groups excluding carboxylic acids is 1. The predicted molar refractivity (Wildman–Crippen MR) is 111 cm³/mol. The van der Waals surface area contributed by atoms with Gasteiger partial charge in [-0.15, -0.1) is 5.10 Å². The van der Waals surface area contributed by atoms with E-state index in [1.54, 1.807) is 10.8 Å². The molecule has 0 radical (unpaired) electrons. The molecule has 1 aliphatic heterocycles. The van der Waals surface area contributed by atoms with Crippen LogP contribution in [0.25, 0.3) is 6.08 Å². The fraction of sp³-hybridized carbons (Fsp3) is 0.0952. The molecule has 140 valence electrons. The van der Waals surface area contributed by atoms with E-state index in [4.69, 9.17) is 11.6 Å². The molecule has 0 saturated heterocycles. The first-order valence-corrected chi connectivity index (χ1v) is 9.18. The molecule has 1 amide bonds. The minimum Gasteiger partial charge on any atom is -0.329 e. The van der Waals surface area contributed by atoms with Crippen molar-refractivity contribution in [1.82, 2.24) is 14.8 Å². The average Bonchev–Trinajstić information content (AvgIpc) is 3.09. The summed E-state index contributed by atoms with van der Waals surface area (Å²) < 4.78 is 1.74. The highest BCUT2D eigenvalue weighted by atomic mass is 35.5. The smallest absolute Gasteiger partial charge is 0.250 e.